The lowest BCUT2D eigenvalue weighted by Gasteiger charge is -2.08. The number of fused-ring (bicyclic) bond motifs is 1. The molecule has 0 spiro atoms. The average Bonchev–Trinajstić information content (AvgIpc) is 2.91. The summed E-state index contributed by atoms with van der Waals surface area (Å²) in [6.07, 6.45) is 3.90. The van der Waals surface area contributed by atoms with Crippen molar-refractivity contribution in [3.8, 4) is 17.0 Å². The van der Waals surface area contributed by atoms with E-state index in [1.54, 1.807) is 0 Å². The standard InChI is InChI=1S/C19H23N3O/c1-3-12-23-16-7-5-15(6-8-16)19-17(10-11-20)21-18-9-4-14(2)13-22(18)19/h4-9,13H,3,10-12,20H2,1-2H3. The Balaban J connectivity index is 2.06. The number of nitrogens with two attached hydrogens (primary N) is 1. The second kappa shape index (κ2) is 6.84. The van der Waals surface area contributed by atoms with Gasteiger partial charge in [-0.1, -0.05) is 13.0 Å². The number of rotatable bonds is 6. The SMILES string of the molecule is CCCOc1ccc(-c2c(CCN)nc3ccc(C)cn23)cc1. The zero-order valence-corrected chi connectivity index (χ0v) is 13.7. The van der Waals surface area contributed by atoms with Gasteiger partial charge in [0.05, 0.1) is 18.0 Å². The van der Waals surface area contributed by atoms with Crippen molar-refractivity contribution < 1.29 is 4.74 Å². The maximum atomic E-state index is 5.77. The van der Waals surface area contributed by atoms with E-state index >= 15 is 0 Å². The van der Waals surface area contributed by atoms with Crippen LogP contribution in [0.4, 0.5) is 0 Å². The third-order valence-corrected chi connectivity index (χ3v) is 3.82. The summed E-state index contributed by atoms with van der Waals surface area (Å²) in [7, 11) is 0. The molecule has 23 heavy (non-hydrogen) atoms. The summed E-state index contributed by atoms with van der Waals surface area (Å²) >= 11 is 0. The first-order valence-electron chi connectivity index (χ1n) is 8.14. The Morgan fingerprint density at radius 3 is 2.61 bits per heavy atom. The lowest BCUT2D eigenvalue weighted by Crippen LogP contribution is -2.04. The maximum Gasteiger partial charge on any atom is 0.137 e. The lowest BCUT2D eigenvalue weighted by molar-refractivity contribution is 0.317. The van der Waals surface area contributed by atoms with Crippen molar-refractivity contribution in [1.29, 1.82) is 0 Å². The third kappa shape index (κ3) is 3.22. The topological polar surface area (TPSA) is 52.5 Å². The van der Waals surface area contributed by atoms with Crippen LogP contribution in [0.2, 0.25) is 0 Å². The summed E-state index contributed by atoms with van der Waals surface area (Å²) in [5, 5.41) is 0. The van der Waals surface area contributed by atoms with Gasteiger partial charge in [-0.15, -0.1) is 0 Å². The van der Waals surface area contributed by atoms with Crippen molar-refractivity contribution in [2.75, 3.05) is 13.2 Å². The van der Waals surface area contributed by atoms with E-state index in [0.29, 0.717) is 6.54 Å². The highest BCUT2D eigenvalue weighted by Gasteiger charge is 2.13. The zero-order valence-electron chi connectivity index (χ0n) is 13.7. The predicted octanol–water partition coefficient (Wildman–Crippen LogP) is 3.60. The number of pyridine rings is 1. The quantitative estimate of drug-likeness (QED) is 0.757. The van der Waals surface area contributed by atoms with Gasteiger partial charge >= 0.3 is 0 Å². The fourth-order valence-electron chi connectivity index (χ4n) is 2.75. The van der Waals surface area contributed by atoms with Crippen LogP contribution in [0.3, 0.4) is 0 Å². The molecule has 120 valence electrons. The molecule has 2 aromatic heterocycles. The molecule has 0 saturated carbocycles. The largest absolute Gasteiger partial charge is 0.494 e. The van der Waals surface area contributed by atoms with E-state index in [2.05, 4.69) is 48.7 Å². The number of benzene rings is 1. The van der Waals surface area contributed by atoms with Crippen LogP contribution in [0.15, 0.2) is 42.6 Å². The number of nitrogens with zero attached hydrogens (tertiary/aromatic N) is 2. The van der Waals surface area contributed by atoms with Gasteiger partial charge in [0.15, 0.2) is 0 Å². The summed E-state index contributed by atoms with van der Waals surface area (Å²) in [4.78, 5) is 4.74. The smallest absolute Gasteiger partial charge is 0.137 e. The van der Waals surface area contributed by atoms with Crippen LogP contribution < -0.4 is 10.5 Å². The molecule has 0 aliphatic rings. The molecule has 0 amide bonds. The number of aromatic nitrogens is 2. The minimum absolute atomic E-state index is 0.591. The molecule has 3 aromatic rings. The monoisotopic (exact) mass is 309 g/mol. The Bertz CT molecular complexity index is 790. The molecular formula is C19H23N3O. The van der Waals surface area contributed by atoms with E-state index in [4.69, 9.17) is 15.5 Å². The Hall–Kier alpha value is -2.33. The Morgan fingerprint density at radius 1 is 1.13 bits per heavy atom. The number of aryl methyl sites for hydroxylation is 1. The molecular weight excluding hydrogens is 286 g/mol. The third-order valence-electron chi connectivity index (χ3n) is 3.82. The van der Waals surface area contributed by atoms with Gasteiger partial charge in [-0.25, -0.2) is 4.98 Å². The molecule has 0 atom stereocenters. The molecule has 0 saturated heterocycles. The van der Waals surface area contributed by atoms with Crippen LogP contribution in [0, 0.1) is 6.92 Å². The van der Waals surface area contributed by atoms with Gasteiger partial charge in [0.2, 0.25) is 0 Å². The summed E-state index contributed by atoms with van der Waals surface area (Å²) in [5.41, 5.74) is 11.2. The number of hydrogen-bond donors (Lipinski definition) is 1. The molecule has 3 rings (SSSR count). The van der Waals surface area contributed by atoms with E-state index in [0.717, 1.165) is 47.8 Å². The van der Waals surface area contributed by atoms with E-state index in [1.165, 1.54) is 5.56 Å². The minimum atomic E-state index is 0.591. The van der Waals surface area contributed by atoms with Crippen LogP contribution in [-0.2, 0) is 6.42 Å². The van der Waals surface area contributed by atoms with Gasteiger partial charge in [-0.2, -0.15) is 0 Å². The summed E-state index contributed by atoms with van der Waals surface area (Å²) in [6, 6.07) is 12.4. The summed E-state index contributed by atoms with van der Waals surface area (Å²) in [6.45, 7) is 5.53. The number of hydrogen-bond acceptors (Lipinski definition) is 3. The summed E-state index contributed by atoms with van der Waals surface area (Å²) in [5.74, 6) is 0.904. The van der Waals surface area contributed by atoms with Gasteiger partial charge < -0.3 is 10.5 Å². The Kier molecular flexibility index (Phi) is 4.63. The highest BCUT2D eigenvalue weighted by molar-refractivity contribution is 5.68. The van der Waals surface area contributed by atoms with Gasteiger partial charge in [-0.3, -0.25) is 4.40 Å². The van der Waals surface area contributed by atoms with Crippen LogP contribution in [0.5, 0.6) is 5.75 Å². The van der Waals surface area contributed by atoms with E-state index in [-0.39, 0.29) is 0 Å². The normalized spacial score (nSPS) is 11.1. The molecule has 4 heteroatoms. The maximum absolute atomic E-state index is 5.77. The number of imidazole rings is 1. The van der Waals surface area contributed by atoms with E-state index in [9.17, 15) is 0 Å². The molecule has 0 aliphatic carbocycles. The second-order valence-electron chi connectivity index (χ2n) is 5.75. The van der Waals surface area contributed by atoms with Crippen molar-refractivity contribution >= 4 is 5.65 Å². The van der Waals surface area contributed by atoms with Crippen LogP contribution in [0.1, 0.15) is 24.6 Å². The highest BCUT2D eigenvalue weighted by atomic mass is 16.5. The fraction of sp³-hybridized carbons (Fsp3) is 0.316. The van der Waals surface area contributed by atoms with Crippen molar-refractivity contribution in [3.63, 3.8) is 0 Å². The van der Waals surface area contributed by atoms with Crippen LogP contribution in [0.25, 0.3) is 16.9 Å². The lowest BCUT2D eigenvalue weighted by atomic mass is 10.1. The molecule has 0 aliphatic heterocycles. The van der Waals surface area contributed by atoms with Gasteiger partial charge in [-0.05, 0) is 55.8 Å². The first kappa shape index (κ1) is 15.6. The molecule has 0 unspecified atom stereocenters. The van der Waals surface area contributed by atoms with Gasteiger partial charge in [0.25, 0.3) is 0 Å². The molecule has 4 nitrogen and oxygen atoms in total. The van der Waals surface area contributed by atoms with E-state index in [1.807, 2.05) is 12.1 Å². The van der Waals surface area contributed by atoms with Crippen molar-refractivity contribution in [2.24, 2.45) is 5.73 Å². The average molecular weight is 309 g/mol. The Labute approximate surface area is 136 Å². The molecule has 2 N–H and O–H groups in total. The first-order valence-corrected chi connectivity index (χ1v) is 8.14. The zero-order chi connectivity index (χ0) is 16.2. The van der Waals surface area contributed by atoms with Crippen molar-refractivity contribution in [3.05, 3.63) is 53.9 Å². The predicted molar refractivity (Wildman–Crippen MR) is 93.9 cm³/mol. The van der Waals surface area contributed by atoms with Crippen LogP contribution >= 0.6 is 0 Å². The summed E-state index contributed by atoms with van der Waals surface area (Å²) < 4.78 is 7.82. The van der Waals surface area contributed by atoms with Crippen molar-refractivity contribution in [2.45, 2.75) is 26.7 Å². The Morgan fingerprint density at radius 2 is 1.91 bits per heavy atom. The first-order chi connectivity index (χ1) is 11.2. The fourth-order valence-corrected chi connectivity index (χ4v) is 2.75. The van der Waals surface area contributed by atoms with Crippen molar-refractivity contribution in [1.82, 2.24) is 9.38 Å². The molecule has 0 radical (unpaired) electrons. The van der Waals surface area contributed by atoms with E-state index < -0.39 is 0 Å². The molecule has 0 bridgehead atoms. The number of ether oxygens (including phenoxy) is 1. The van der Waals surface area contributed by atoms with Gasteiger partial charge in [0.1, 0.15) is 11.4 Å². The molecule has 1 aromatic carbocycles. The molecule has 0 fully saturated rings. The molecule has 2 heterocycles. The minimum Gasteiger partial charge on any atom is -0.494 e. The van der Waals surface area contributed by atoms with Crippen LogP contribution in [-0.4, -0.2) is 22.5 Å². The van der Waals surface area contributed by atoms with Gasteiger partial charge in [0, 0.05) is 18.2 Å². The second-order valence-corrected chi connectivity index (χ2v) is 5.75. The highest BCUT2D eigenvalue weighted by Crippen LogP contribution is 2.27.